The van der Waals surface area contributed by atoms with Crippen LogP contribution in [-0.2, 0) is 6.42 Å². The number of pyridine rings is 1. The van der Waals surface area contributed by atoms with Crippen molar-refractivity contribution in [2.75, 3.05) is 5.73 Å². The van der Waals surface area contributed by atoms with E-state index in [1.165, 1.54) is 0 Å². The number of aromatic nitrogens is 3. The number of benzene rings is 1. The first-order chi connectivity index (χ1) is 9.76. The number of nitrogens with zero attached hydrogens (tertiary/aromatic N) is 3. The number of anilines is 1. The first-order valence-electron chi connectivity index (χ1n) is 6.75. The van der Waals surface area contributed by atoms with E-state index in [-0.39, 0.29) is 0 Å². The molecule has 0 saturated carbocycles. The molecule has 2 aromatic heterocycles. The van der Waals surface area contributed by atoms with Crippen LogP contribution in [0.5, 0.6) is 0 Å². The number of nitrogen functional groups attached to an aromatic ring is 1. The van der Waals surface area contributed by atoms with E-state index in [1.807, 2.05) is 30.3 Å². The Morgan fingerprint density at radius 1 is 1.10 bits per heavy atom. The fraction of sp³-hybridized carbons (Fsp3) is 0.188. The molecule has 0 aliphatic heterocycles. The Kier molecular flexibility index (Phi) is 3.29. The zero-order valence-corrected chi connectivity index (χ0v) is 11.4. The highest BCUT2D eigenvalue weighted by Crippen LogP contribution is 2.23. The minimum atomic E-state index is 0.518. The summed E-state index contributed by atoms with van der Waals surface area (Å²) in [5, 5.41) is 1.10. The number of aryl methyl sites for hydroxylation is 1. The van der Waals surface area contributed by atoms with E-state index in [0.29, 0.717) is 5.82 Å². The van der Waals surface area contributed by atoms with Gasteiger partial charge in [-0.3, -0.25) is 4.98 Å². The van der Waals surface area contributed by atoms with Crippen molar-refractivity contribution in [2.24, 2.45) is 0 Å². The topological polar surface area (TPSA) is 64.7 Å². The predicted octanol–water partition coefficient (Wildman–Crippen LogP) is 3.23. The Balaban J connectivity index is 2.10. The van der Waals surface area contributed by atoms with Crippen LogP contribution >= 0.6 is 0 Å². The van der Waals surface area contributed by atoms with Crippen molar-refractivity contribution in [3.05, 3.63) is 48.4 Å². The molecule has 0 amide bonds. The highest BCUT2D eigenvalue weighted by Gasteiger charge is 2.06. The normalized spacial score (nSPS) is 10.8. The zero-order valence-electron chi connectivity index (χ0n) is 11.4. The summed E-state index contributed by atoms with van der Waals surface area (Å²) >= 11 is 0. The van der Waals surface area contributed by atoms with E-state index in [1.54, 1.807) is 6.20 Å². The standard InChI is InChI=1S/C16H16N4/c1-2-4-16-19-14(10-15(17)20-16)12-6-7-13-11(9-12)5-3-8-18-13/h3,5-10H,2,4H2,1H3,(H2,17,19,20). The van der Waals surface area contributed by atoms with Gasteiger partial charge in [0.1, 0.15) is 11.6 Å². The SMILES string of the molecule is CCCc1nc(N)cc(-c2ccc3ncccc3c2)n1. The zero-order chi connectivity index (χ0) is 13.9. The van der Waals surface area contributed by atoms with E-state index in [4.69, 9.17) is 5.73 Å². The lowest BCUT2D eigenvalue weighted by Gasteiger charge is -2.06. The Morgan fingerprint density at radius 3 is 2.85 bits per heavy atom. The molecule has 0 radical (unpaired) electrons. The van der Waals surface area contributed by atoms with Crippen LogP contribution in [0.25, 0.3) is 22.2 Å². The second-order valence-corrected chi connectivity index (χ2v) is 4.76. The van der Waals surface area contributed by atoms with E-state index in [9.17, 15) is 0 Å². The average Bonchev–Trinajstić information content (AvgIpc) is 2.46. The Morgan fingerprint density at radius 2 is 2.00 bits per heavy atom. The molecule has 3 aromatic rings. The van der Waals surface area contributed by atoms with Gasteiger partial charge in [-0.25, -0.2) is 9.97 Å². The number of hydrogen-bond donors (Lipinski definition) is 1. The molecule has 0 atom stereocenters. The molecule has 0 spiro atoms. The van der Waals surface area contributed by atoms with Crippen LogP contribution in [0.4, 0.5) is 5.82 Å². The smallest absolute Gasteiger partial charge is 0.131 e. The molecule has 0 aliphatic carbocycles. The fourth-order valence-corrected chi connectivity index (χ4v) is 2.24. The van der Waals surface area contributed by atoms with Crippen LogP contribution in [0, 0.1) is 0 Å². The molecule has 0 aliphatic rings. The Hall–Kier alpha value is -2.49. The summed E-state index contributed by atoms with van der Waals surface area (Å²) in [6, 6.07) is 11.9. The second kappa shape index (κ2) is 5.25. The van der Waals surface area contributed by atoms with E-state index in [0.717, 1.165) is 40.8 Å². The van der Waals surface area contributed by atoms with Gasteiger partial charge in [-0.15, -0.1) is 0 Å². The van der Waals surface area contributed by atoms with Gasteiger partial charge in [0.2, 0.25) is 0 Å². The quantitative estimate of drug-likeness (QED) is 0.788. The molecule has 0 fully saturated rings. The van der Waals surface area contributed by atoms with Gasteiger partial charge in [0.15, 0.2) is 0 Å². The summed E-state index contributed by atoms with van der Waals surface area (Å²) in [5.41, 5.74) is 8.76. The first-order valence-corrected chi connectivity index (χ1v) is 6.75. The molecule has 4 heteroatoms. The lowest BCUT2D eigenvalue weighted by Crippen LogP contribution is -2.01. The Labute approximate surface area is 117 Å². The maximum atomic E-state index is 5.88. The molecule has 20 heavy (non-hydrogen) atoms. The molecule has 2 heterocycles. The van der Waals surface area contributed by atoms with Gasteiger partial charge in [0.25, 0.3) is 0 Å². The minimum absolute atomic E-state index is 0.518. The molecule has 3 rings (SSSR count). The summed E-state index contributed by atoms with van der Waals surface area (Å²) in [6.45, 7) is 2.11. The summed E-state index contributed by atoms with van der Waals surface area (Å²) in [7, 11) is 0. The predicted molar refractivity (Wildman–Crippen MR) is 81.2 cm³/mol. The van der Waals surface area contributed by atoms with Gasteiger partial charge in [-0.2, -0.15) is 0 Å². The number of hydrogen-bond acceptors (Lipinski definition) is 4. The molecule has 0 saturated heterocycles. The summed E-state index contributed by atoms with van der Waals surface area (Å²) < 4.78 is 0. The second-order valence-electron chi connectivity index (χ2n) is 4.76. The van der Waals surface area contributed by atoms with Crippen molar-refractivity contribution in [3.63, 3.8) is 0 Å². The lowest BCUT2D eigenvalue weighted by molar-refractivity contribution is 0.839. The highest BCUT2D eigenvalue weighted by atomic mass is 14.9. The van der Waals surface area contributed by atoms with Crippen molar-refractivity contribution >= 4 is 16.7 Å². The van der Waals surface area contributed by atoms with Crippen LogP contribution in [0.2, 0.25) is 0 Å². The van der Waals surface area contributed by atoms with Gasteiger partial charge in [-0.05, 0) is 24.6 Å². The molecule has 4 nitrogen and oxygen atoms in total. The van der Waals surface area contributed by atoms with Crippen LogP contribution < -0.4 is 5.73 Å². The van der Waals surface area contributed by atoms with Crippen LogP contribution in [0.1, 0.15) is 19.2 Å². The summed E-state index contributed by atoms with van der Waals surface area (Å²) in [6.07, 6.45) is 3.64. The first kappa shape index (κ1) is 12.5. The molecular weight excluding hydrogens is 248 g/mol. The molecule has 2 N–H and O–H groups in total. The van der Waals surface area contributed by atoms with Gasteiger partial charge in [-0.1, -0.05) is 19.1 Å². The van der Waals surface area contributed by atoms with E-state index >= 15 is 0 Å². The minimum Gasteiger partial charge on any atom is -0.384 e. The monoisotopic (exact) mass is 264 g/mol. The number of fused-ring (bicyclic) bond motifs is 1. The Bertz CT molecular complexity index is 752. The maximum Gasteiger partial charge on any atom is 0.131 e. The van der Waals surface area contributed by atoms with Crippen molar-refractivity contribution in [2.45, 2.75) is 19.8 Å². The van der Waals surface area contributed by atoms with Crippen molar-refractivity contribution in [3.8, 4) is 11.3 Å². The van der Waals surface area contributed by atoms with Gasteiger partial charge in [0, 0.05) is 29.6 Å². The summed E-state index contributed by atoms with van der Waals surface area (Å²) in [4.78, 5) is 13.2. The van der Waals surface area contributed by atoms with Crippen LogP contribution in [0.15, 0.2) is 42.6 Å². The average molecular weight is 264 g/mol. The van der Waals surface area contributed by atoms with Crippen LogP contribution in [-0.4, -0.2) is 15.0 Å². The van der Waals surface area contributed by atoms with Gasteiger partial charge in [0.05, 0.1) is 11.2 Å². The van der Waals surface area contributed by atoms with E-state index < -0.39 is 0 Å². The highest BCUT2D eigenvalue weighted by molar-refractivity contribution is 5.83. The van der Waals surface area contributed by atoms with Gasteiger partial charge >= 0.3 is 0 Å². The molecule has 0 bridgehead atoms. The number of nitrogens with two attached hydrogens (primary N) is 1. The summed E-state index contributed by atoms with van der Waals surface area (Å²) in [5.74, 6) is 1.32. The van der Waals surface area contributed by atoms with E-state index in [2.05, 4.69) is 27.9 Å². The molecule has 100 valence electrons. The fourth-order valence-electron chi connectivity index (χ4n) is 2.24. The maximum absolute atomic E-state index is 5.88. The lowest BCUT2D eigenvalue weighted by atomic mass is 10.1. The van der Waals surface area contributed by atoms with Crippen molar-refractivity contribution in [1.29, 1.82) is 0 Å². The molecule has 1 aromatic carbocycles. The molecular formula is C16H16N4. The van der Waals surface area contributed by atoms with Crippen molar-refractivity contribution in [1.82, 2.24) is 15.0 Å². The van der Waals surface area contributed by atoms with Gasteiger partial charge < -0.3 is 5.73 Å². The third kappa shape index (κ3) is 2.45. The van der Waals surface area contributed by atoms with Crippen LogP contribution in [0.3, 0.4) is 0 Å². The number of rotatable bonds is 3. The largest absolute Gasteiger partial charge is 0.384 e. The third-order valence-corrected chi connectivity index (χ3v) is 3.16. The molecule has 0 unspecified atom stereocenters. The third-order valence-electron chi connectivity index (χ3n) is 3.16. The van der Waals surface area contributed by atoms with Crippen molar-refractivity contribution < 1.29 is 0 Å².